The van der Waals surface area contributed by atoms with Crippen LogP contribution in [0.1, 0.15) is 25.0 Å². The Morgan fingerprint density at radius 2 is 1.92 bits per heavy atom. The fourth-order valence-corrected chi connectivity index (χ4v) is 3.23. The van der Waals surface area contributed by atoms with Crippen LogP contribution in [0.2, 0.25) is 0 Å². The second-order valence-corrected chi connectivity index (χ2v) is 8.23. The fourth-order valence-electron chi connectivity index (χ4n) is 2.03. The number of thioether (sulfide) groups is 1. The van der Waals surface area contributed by atoms with Crippen molar-refractivity contribution in [2.75, 3.05) is 31.6 Å². The highest BCUT2D eigenvalue weighted by atomic mass is 127. The molecule has 1 aromatic carbocycles. The predicted molar refractivity (Wildman–Crippen MR) is 119 cm³/mol. The lowest BCUT2D eigenvalue weighted by Crippen LogP contribution is -2.41. The molecule has 150 valence electrons. The Morgan fingerprint density at radius 3 is 2.54 bits per heavy atom. The van der Waals surface area contributed by atoms with E-state index < -0.39 is 10.0 Å². The van der Waals surface area contributed by atoms with Gasteiger partial charge in [0.1, 0.15) is 5.82 Å². The average molecular weight is 518 g/mol. The molecule has 6 nitrogen and oxygen atoms in total. The van der Waals surface area contributed by atoms with E-state index in [9.17, 15) is 12.8 Å². The van der Waals surface area contributed by atoms with E-state index in [1.165, 1.54) is 6.07 Å². The zero-order valence-corrected chi connectivity index (χ0v) is 19.3. The maximum Gasteiger partial charge on any atom is 0.211 e. The van der Waals surface area contributed by atoms with Crippen LogP contribution in [-0.2, 0) is 22.3 Å². The zero-order chi connectivity index (χ0) is 18.7. The number of hydrogen-bond donors (Lipinski definition) is 3. The minimum Gasteiger partial charge on any atom is -0.357 e. The third-order valence-electron chi connectivity index (χ3n) is 3.34. The van der Waals surface area contributed by atoms with Crippen molar-refractivity contribution in [3.05, 3.63) is 35.1 Å². The third-order valence-corrected chi connectivity index (χ3v) is 5.34. The average Bonchev–Trinajstić information content (AvgIpc) is 2.58. The molecular weight excluding hydrogens is 490 g/mol. The molecule has 0 saturated heterocycles. The Balaban J connectivity index is 0.00000625. The van der Waals surface area contributed by atoms with E-state index in [2.05, 4.69) is 20.3 Å². The molecule has 0 aromatic heterocycles. The van der Waals surface area contributed by atoms with Crippen LogP contribution in [-0.4, -0.2) is 46.0 Å². The summed E-state index contributed by atoms with van der Waals surface area (Å²) in [7, 11) is -3.19. The number of nitrogens with zero attached hydrogens (tertiary/aromatic N) is 1. The van der Waals surface area contributed by atoms with Crippen LogP contribution in [0.15, 0.2) is 23.2 Å². The van der Waals surface area contributed by atoms with Gasteiger partial charge in [0, 0.05) is 25.4 Å². The first-order chi connectivity index (χ1) is 11.9. The largest absolute Gasteiger partial charge is 0.357 e. The van der Waals surface area contributed by atoms with Gasteiger partial charge in [-0.1, -0.05) is 6.07 Å². The van der Waals surface area contributed by atoms with Crippen LogP contribution >= 0.6 is 35.7 Å². The predicted octanol–water partition coefficient (Wildman–Crippen LogP) is 2.30. The van der Waals surface area contributed by atoms with Crippen LogP contribution in [0.5, 0.6) is 0 Å². The smallest absolute Gasteiger partial charge is 0.211 e. The van der Waals surface area contributed by atoms with Crippen molar-refractivity contribution in [3.8, 4) is 0 Å². The molecule has 0 saturated carbocycles. The molecule has 0 radical (unpaired) electrons. The summed E-state index contributed by atoms with van der Waals surface area (Å²) >= 11 is 1.63. The lowest BCUT2D eigenvalue weighted by Gasteiger charge is -2.13. The summed E-state index contributed by atoms with van der Waals surface area (Å²) < 4.78 is 38.7. The van der Waals surface area contributed by atoms with E-state index >= 15 is 0 Å². The van der Waals surface area contributed by atoms with Gasteiger partial charge in [0.2, 0.25) is 10.0 Å². The standard InChI is InChI=1S/C16H27FN4O2S2.HI/c1-4-18-16(19-8-9-21-25(22,23)5-2)20-11-13-6-7-15(17)10-14(13)12-24-3;/h6-7,10,21H,4-5,8-9,11-12H2,1-3H3,(H2,18,19,20);1H. The van der Waals surface area contributed by atoms with Crippen molar-refractivity contribution in [1.29, 1.82) is 0 Å². The lowest BCUT2D eigenvalue weighted by atomic mass is 10.1. The monoisotopic (exact) mass is 518 g/mol. The van der Waals surface area contributed by atoms with Gasteiger partial charge in [-0.15, -0.1) is 24.0 Å². The van der Waals surface area contributed by atoms with Gasteiger partial charge in [-0.25, -0.2) is 22.5 Å². The first-order valence-corrected chi connectivity index (χ1v) is 11.2. The molecule has 0 atom stereocenters. The van der Waals surface area contributed by atoms with E-state index in [-0.39, 0.29) is 42.1 Å². The number of halogens is 2. The summed E-state index contributed by atoms with van der Waals surface area (Å²) in [4.78, 5) is 4.50. The minimum atomic E-state index is -3.19. The van der Waals surface area contributed by atoms with Gasteiger partial charge in [-0.05, 0) is 43.4 Å². The molecule has 0 aliphatic heterocycles. The maximum atomic E-state index is 13.4. The molecule has 0 heterocycles. The number of nitrogens with one attached hydrogen (secondary N) is 3. The summed E-state index contributed by atoms with van der Waals surface area (Å²) in [5.41, 5.74) is 1.91. The van der Waals surface area contributed by atoms with Crippen LogP contribution in [0.3, 0.4) is 0 Å². The molecule has 0 fully saturated rings. The Bertz CT molecular complexity index is 672. The number of guanidine groups is 1. The van der Waals surface area contributed by atoms with E-state index in [1.807, 2.05) is 13.2 Å². The third kappa shape index (κ3) is 9.93. The molecule has 1 aromatic rings. The number of rotatable bonds is 10. The number of sulfonamides is 1. The fraction of sp³-hybridized carbons (Fsp3) is 0.562. The Kier molecular flexibility index (Phi) is 13.3. The van der Waals surface area contributed by atoms with E-state index in [4.69, 9.17) is 0 Å². The zero-order valence-electron chi connectivity index (χ0n) is 15.3. The van der Waals surface area contributed by atoms with Crippen molar-refractivity contribution < 1.29 is 12.8 Å². The molecule has 26 heavy (non-hydrogen) atoms. The van der Waals surface area contributed by atoms with Crippen LogP contribution < -0.4 is 15.4 Å². The Labute approximate surface area is 177 Å². The van der Waals surface area contributed by atoms with Gasteiger partial charge in [0.05, 0.1) is 12.3 Å². The molecule has 0 spiro atoms. The highest BCUT2D eigenvalue weighted by molar-refractivity contribution is 14.0. The highest BCUT2D eigenvalue weighted by Crippen LogP contribution is 2.17. The second kappa shape index (κ2) is 13.6. The summed E-state index contributed by atoms with van der Waals surface area (Å²) in [5, 5.41) is 6.19. The first kappa shape index (κ1) is 25.4. The molecule has 1 rings (SSSR count). The second-order valence-electron chi connectivity index (χ2n) is 5.27. The van der Waals surface area contributed by atoms with Crippen LogP contribution in [0.4, 0.5) is 4.39 Å². The number of aliphatic imine (C=N–C) groups is 1. The SMILES string of the molecule is CCNC(=NCc1ccc(F)cc1CSC)NCCNS(=O)(=O)CC.I. The van der Waals surface area contributed by atoms with Crippen LogP contribution in [0, 0.1) is 5.82 Å². The van der Waals surface area contributed by atoms with E-state index in [0.717, 1.165) is 16.9 Å². The molecule has 3 N–H and O–H groups in total. The highest BCUT2D eigenvalue weighted by Gasteiger charge is 2.06. The van der Waals surface area contributed by atoms with Crippen molar-refractivity contribution in [2.24, 2.45) is 4.99 Å². The molecule has 0 aliphatic carbocycles. The van der Waals surface area contributed by atoms with Gasteiger partial charge in [0.15, 0.2) is 5.96 Å². The summed E-state index contributed by atoms with van der Waals surface area (Å²) in [6, 6.07) is 4.74. The van der Waals surface area contributed by atoms with Gasteiger partial charge in [-0.3, -0.25) is 0 Å². The molecular formula is C16H28FIN4O2S2. The van der Waals surface area contributed by atoms with Gasteiger partial charge < -0.3 is 10.6 Å². The Hall–Kier alpha value is -0.590. The van der Waals surface area contributed by atoms with Crippen LogP contribution in [0.25, 0.3) is 0 Å². The van der Waals surface area contributed by atoms with Gasteiger partial charge >= 0.3 is 0 Å². The lowest BCUT2D eigenvalue weighted by molar-refractivity contribution is 0.581. The first-order valence-electron chi connectivity index (χ1n) is 8.17. The number of hydrogen-bond acceptors (Lipinski definition) is 4. The summed E-state index contributed by atoms with van der Waals surface area (Å²) in [6.45, 7) is 5.37. The molecule has 0 amide bonds. The minimum absolute atomic E-state index is 0. The summed E-state index contributed by atoms with van der Waals surface area (Å²) in [5.74, 6) is 1.14. The maximum absolute atomic E-state index is 13.4. The molecule has 10 heteroatoms. The number of benzene rings is 1. The molecule has 0 bridgehead atoms. The van der Waals surface area contributed by atoms with Gasteiger partial charge in [-0.2, -0.15) is 11.8 Å². The van der Waals surface area contributed by atoms with Crippen molar-refractivity contribution in [1.82, 2.24) is 15.4 Å². The normalized spacial score (nSPS) is 11.8. The topological polar surface area (TPSA) is 82.6 Å². The van der Waals surface area contributed by atoms with E-state index in [1.54, 1.807) is 30.8 Å². The van der Waals surface area contributed by atoms with Crippen molar-refractivity contribution >= 4 is 51.7 Å². The van der Waals surface area contributed by atoms with Crippen molar-refractivity contribution in [2.45, 2.75) is 26.1 Å². The summed E-state index contributed by atoms with van der Waals surface area (Å²) in [6.07, 6.45) is 1.97. The van der Waals surface area contributed by atoms with Crippen molar-refractivity contribution in [3.63, 3.8) is 0 Å². The quantitative estimate of drug-likeness (QED) is 0.192. The van der Waals surface area contributed by atoms with Gasteiger partial charge in [0.25, 0.3) is 0 Å². The van der Waals surface area contributed by atoms with E-state index in [0.29, 0.717) is 25.6 Å². The molecule has 0 unspecified atom stereocenters. The molecule has 0 aliphatic rings. The Morgan fingerprint density at radius 1 is 1.19 bits per heavy atom.